The predicted octanol–water partition coefficient (Wildman–Crippen LogP) is 0.0412. The smallest absolute Gasteiger partial charge is 0.250 e. The van der Waals surface area contributed by atoms with Crippen LogP contribution >= 0.6 is 0 Å². The highest BCUT2D eigenvalue weighted by molar-refractivity contribution is 6.00. The molecule has 1 aromatic rings. The molecule has 1 saturated heterocycles. The first kappa shape index (κ1) is 10.3. The Morgan fingerprint density at radius 3 is 2.94 bits per heavy atom. The van der Waals surface area contributed by atoms with Crippen LogP contribution in [0.5, 0.6) is 0 Å². The molecular weight excluding hydrogens is 220 g/mol. The van der Waals surface area contributed by atoms with Gasteiger partial charge in [0.15, 0.2) is 0 Å². The van der Waals surface area contributed by atoms with Gasteiger partial charge in [-0.1, -0.05) is 0 Å². The second-order valence-corrected chi connectivity index (χ2v) is 4.56. The molecular formula is C11H14N4O2. The first-order valence-corrected chi connectivity index (χ1v) is 5.87. The van der Waals surface area contributed by atoms with Crippen molar-refractivity contribution >= 4 is 17.6 Å². The average molecular weight is 234 g/mol. The zero-order valence-corrected chi connectivity index (χ0v) is 9.35. The highest BCUT2D eigenvalue weighted by atomic mass is 16.2. The number of hydrogen-bond acceptors (Lipinski definition) is 3. The quantitative estimate of drug-likeness (QED) is 0.775. The van der Waals surface area contributed by atoms with Gasteiger partial charge in [-0.3, -0.25) is 19.6 Å². The van der Waals surface area contributed by atoms with Crippen LogP contribution in [0.25, 0.3) is 0 Å². The van der Waals surface area contributed by atoms with Crippen molar-refractivity contribution in [3.8, 4) is 0 Å². The Kier molecular flexibility index (Phi) is 2.35. The molecule has 17 heavy (non-hydrogen) atoms. The molecule has 1 aliphatic heterocycles. The van der Waals surface area contributed by atoms with Crippen molar-refractivity contribution in [3.63, 3.8) is 0 Å². The van der Waals surface area contributed by atoms with Crippen LogP contribution in [0, 0.1) is 5.92 Å². The van der Waals surface area contributed by atoms with E-state index in [1.165, 1.54) is 0 Å². The van der Waals surface area contributed by atoms with Crippen molar-refractivity contribution in [1.29, 1.82) is 0 Å². The average Bonchev–Trinajstić information content (AvgIpc) is 2.93. The molecule has 2 heterocycles. The van der Waals surface area contributed by atoms with Crippen LogP contribution in [-0.2, 0) is 9.59 Å². The van der Waals surface area contributed by atoms with Crippen LogP contribution in [-0.4, -0.2) is 34.6 Å². The molecule has 1 saturated carbocycles. The van der Waals surface area contributed by atoms with Gasteiger partial charge in [0.05, 0.1) is 6.20 Å². The molecule has 6 heteroatoms. The van der Waals surface area contributed by atoms with Gasteiger partial charge in [0.2, 0.25) is 5.91 Å². The van der Waals surface area contributed by atoms with E-state index in [1.54, 1.807) is 17.2 Å². The summed E-state index contributed by atoms with van der Waals surface area (Å²) in [6.45, 7) is 0.622. The lowest BCUT2D eigenvalue weighted by molar-refractivity contribution is -0.127. The first-order valence-electron chi connectivity index (χ1n) is 5.87. The molecule has 2 N–H and O–H groups in total. The standard InChI is InChI=1S/C11H14N4O2/c16-10(7-1-2-7)13-8-4-6-15(11(8)17)9-3-5-12-14-9/h3,5,7-8H,1-2,4,6H2,(H,12,14)(H,13,16). The highest BCUT2D eigenvalue weighted by Crippen LogP contribution is 2.29. The summed E-state index contributed by atoms with van der Waals surface area (Å²) < 4.78 is 0. The fourth-order valence-electron chi connectivity index (χ4n) is 2.09. The molecule has 6 nitrogen and oxygen atoms in total. The maximum Gasteiger partial charge on any atom is 0.250 e. The summed E-state index contributed by atoms with van der Waals surface area (Å²) in [4.78, 5) is 25.3. The zero-order chi connectivity index (χ0) is 11.8. The van der Waals surface area contributed by atoms with E-state index >= 15 is 0 Å². The van der Waals surface area contributed by atoms with E-state index in [4.69, 9.17) is 0 Å². The third-order valence-electron chi connectivity index (χ3n) is 3.25. The van der Waals surface area contributed by atoms with Crippen LogP contribution in [0.3, 0.4) is 0 Å². The third kappa shape index (κ3) is 1.90. The highest BCUT2D eigenvalue weighted by Gasteiger charge is 2.37. The lowest BCUT2D eigenvalue weighted by Crippen LogP contribution is -2.42. The number of carbonyl (C=O) groups excluding carboxylic acids is 2. The Hall–Kier alpha value is -1.85. The zero-order valence-electron chi connectivity index (χ0n) is 9.35. The molecule has 0 radical (unpaired) electrons. The number of anilines is 1. The molecule has 0 spiro atoms. The number of aromatic nitrogens is 2. The Labute approximate surface area is 98.4 Å². The van der Waals surface area contributed by atoms with Gasteiger partial charge < -0.3 is 5.32 Å². The van der Waals surface area contributed by atoms with Gasteiger partial charge in [-0.25, -0.2) is 0 Å². The second kappa shape index (κ2) is 3.87. The number of nitrogens with zero attached hydrogens (tertiary/aromatic N) is 2. The van der Waals surface area contributed by atoms with Crippen LogP contribution in [0.15, 0.2) is 12.3 Å². The van der Waals surface area contributed by atoms with E-state index in [0.29, 0.717) is 18.8 Å². The Bertz CT molecular complexity index is 438. The minimum atomic E-state index is -0.369. The number of nitrogens with one attached hydrogen (secondary N) is 2. The fourth-order valence-corrected chi connectivity index (χ4v) is 2.09. The molecule has 1 aliphatic carbocycles. The number of aromatic amines is 1. The van der Waals surface area contributed by atoms with Crippen LogP contribution in [0.2, 0.25) is 0 Å². The van der Waals surface area contributed by atoms with Crippen molar-refractivity contribution in [1.82, 2.24) is 15.5 Å². The number of amides is 2. The summed E-state index contributed by atoms with van der Waals surface area (Å²) in [5.74, 6) is 0.806. The van der Waals surface area contributed by atoms with Crippen molar-refractivity contribution in [2.75, 3.05) is 11.4 Å². The monoisotopic (exact) mass is 234 g/mol. The molecule has 0 aromatic carbocycles. The van der Waals surface area contributed by atoms with Gasteiger partial charge in [-0.2, -0.15) is 5.10 Å². The Morgan fingerprint density at radius 2 is 2.29 bits per heavy atom. The number of carbonyl (C=O) groups is 2. The molecule has 1 unspecified atom stereocenters. The lowest BCUT2D eigenvalue weighted by Gasteiger charge is -2.14. The fraction of sp³-hybridized carbons (Fsp3) is 0.545. The number of rotatable bonds is 3. The maximum absolute atomic E-state index is 12.0. The summed E-state index contributed by atoms with van der Waals surface area (Å²) in [6.07, 6.45) is 4.18. The van der Waals surface area contributed by atoms with E-state index in [-0.39, 0.29) is 23.8 Å². The molecule has 1 atom stereocenters. The molecule has 90 valence electrons. The van der Waals surface area contributed by atoms with Crippen LogP contribution in [0.1, 0.15) is 19.3 Å². The van der Waals surface area contributed by atoms with Crippen molar-refractivity contribution in [2.45, 2.75) is 25.3 Å². The number of hydrogen-bond donors (Lipinski definition) is 2. The summed E-state index contributed by atoms with van der Waals surface area (Å²) in [7, 11) is 0. The van der Waals surface area contributed by atoms with Gasteiger partial charge in [-0.15, -0.1) is 0 Å². The van der Waals surface area contributed by atoms with Gasteiger partial charge in [0.25, 0.3) is 5.91 Å². The topological polar surface area (TPSA) is 78.1 Å². The lowest BCUT2D eigenvalue weighted by atomic mass is 10.2. The van der Waals surface area contributed by atoms with E-state index in [9.17, 15) is 9.59 Å². The van der Waals surface area contributed by atoms with Gasteiger partial charge in [0.1, 0.15) is 11.9 Å². The van der Waals surface area contributed by atoms with Gasteiger partial charge >= 0.3 is 0 Å². The molecule has 1 aromatic heterocycles. The summed E-state index contributed by atoms with van der Waals surface area (Å²) in [5, 5.41) is 9.40. The van der Waals surface area contributed by atoms with Crippen molar-refractivity contribution in [2.24, 2.45) is 5.92 Å². The van der Waals surface area contributed by atoms with Gasteiger partial charge in [-0.05, 0) is 19.3 Å². The minimum absolute atomic E-state index is 0.0230. The molecule has 3 rings (SSSR count). The van der Waals surface area contributed by atoms with E-state index in [1.807, 2.05) is 0 Å². The maximum atomic E-state index is 12.0. The largest absolute Gasteiger partial charge is 0.344 e. The number of H-pyrrole nitrogens is 1. The molecule has 2 amide bonds. The summed E-state index contributed by atoms with van der Waals surface area (Å²) >= 11 is 0. The predicted molar refractivity (Wildman–Crippen MR) is 60.2 cm³/mol. The van der Waals surface area contributed by atoms with Crippen molar-refractivity contribution in [3.05, 3.63) is 12.3 Å². The Balaban J connectivity index is 1.65. The first-order chi connectivity index (χ1) is 8.25. The van der Waals surface area contributed by atoms with E-state index in [2.05, 4.69) is 15.5 Å². The van der Waals surface area contributed by atoms with Gasteiger partial charge in [0, 0.05) is 18.5 Å². The van der Waals surface area contributed by atoms with Crippen LogP contribution < -0.4 is 10.2 Å². The minimum Gasteiger partial charge on any atom is -0.344 e. The molecule has 0 bridgehead atoms. The second-order valence-electron chi connectivity index (χ2n) is 4.56. The summed E-state index contributed by atoms with van der Waals surface area (Å²) in [6, 6.07) is 1.38. The van der Waals surface area contributed by atoms with E-state index < -0.39 is 0 Å². The molecule has 2 aliphatic rings. The Morgan fingerprint density at radius 1 is 1.47 bits per heavy atom. The SMILES string of the molecule is O=C(NC1CCN(c2ccn[nH]2)C1=O)C1CC1. The van der Waals surface area contributed by atoms with Crippen LogP contribution in [0.4, 0.5) is 5.82 Å². The van der Waals surface area contributed by atoms with Crippen molar-refractivity contribution < 1.29 is 9.59 Å². The third-order valence-corrected chi connectivity index (χ3v) is 3.25. The molecule has 2 fully saturated rings. The summed E-state index contributed by atoms with van der Waals surface area (Å²) in [5.41, 5.74) is 0. The van der Waals surface area contributed by atoms with E-state index in [0.717, 1.165) is 12.8 Å². The normalized spacial score (nSPS) is 24.1.